The van der Waals surface area contributed by atoms with Crippen molar-refractivity contribution in [3.05, 3.63) is 52.1 Å². The largest absolute Gasteiger partial charge is 0.481 e. The Morgan fingerprint density at radius 1 is 1.12 bits per heavy atom. The number of nitrogens with zero attached hydrogens (tertiary/aromatic N) is 3. The first kappa shape index (κ1) is 23.1. The minimum atomic E-state index is -1.31. The SMILES string of the molecule is CNc1nc(=O)c2nc(CNc3ccc(C(=O)N[C@@H](CCC(=O)O)C(=O)O)cc3)cnc2[nH]1. The van der Waals surface area contributed by atoms with Gasteiger partial charge in [-0.2, -0.15) is 4.98 Å². The molecule has 3 aromatic rings. The number of carboxylic acid groups (broad SMARTS) is 2. The van der Waals surface area contributed by atoms with Crippen molar-refractivity contribution in [3.63, 3.8) is 0 Å². The fourth-order valence-corrected chi connectivity index (χ4v) is 2.86. The molecule has 6 N–H and O–H groups in total. The van der Waals surface area contributed by atoms with Crippen LogP contribution >= 0.6 is 0 Å². The summed E-state index contributed by atoms with van der Waals surface area (Å²) in [5, 5.41) is 26.0. The topological polar surface area (TPSA) is 199 Å². The Morgan fingerprint density at radius 2 is 1.85 bits per heavy atom. The van der Waals surface area contributed by atoms with Gasteiger partial charge in [0.05, 0.1) is 18.4 Å². The molecule has 0 spiro atoms. The van der Waals surface area contributed by atoms with Gasteiger partial charge in [0.15, 0.2) is 11.2 Å². The summed E-state index contributed by atoms with van der Waals surface area (Å²) in [6.45, 7) is 0.248. The summed E-state index contributed by atoms with van der Waals surface area (Å²) >= 11 is 0. The molecule has 13 nitrogen and oxygen atoms in total. The van der Waals surface area contributed by atoms with E-state index < -0.39 is 29.4 Å². The van der Waals surface area contributed by atoms with E-state index in [2.05, 4.69) is 35.9 Å². The number of hydrogen-bond donors (Lipinski definition) is 6. The van der Waals surface area contributed by atoms with Crippen LogP contribution in [0.15, 0.2) is 35.3 Å². The quantitative estimate of drug-likeness (QED) is 0.247. The van der Waals surface area contributed by atoms with Gasteiger partial charge in [0, 0.05) is 24.7 Å². The normalized spacial score (nSPS) is 11.5. The molecule has 0 aliphatic rings. The van der Waals surface area contributed by atoms with Gasteiger partial charge in [-0.05, 0) is 30.7 Å². The van der Waals surface area contributed by atoms with Gasteiger partial charge < -0.3 is 31.1 Å². The number of anilines is 2. The standard InChI is InChI=1S/C20H21N7O6/c1-21-20-26-16-15(18(31)27-20)24-12(9-23-16)8-22-11-4-2-10(3-5-11)17(30)25-13(19(32)33)6-7-14(28)29/h2-5,9,13,22H,6-8H2,1H3,(H,25,30)(H,28,29)(H,32,33)(H2,21,23,26,27,31)/t13-/m0/s1. The number of amides is 1. The van der Waals surface area contributed by atoms with Crippen LogP contribution in [0.4, 0.5) is 11.6 Å². The summed E-state index contributed by atoms with van der Waals surface area (Å²) < 4.78 is 0. The third-order valence-corrected chi connectivity index (χ3v) is 4.58. The van der Waals surface area contributed by atoms with Gasteiger partial charge >= 0.3 is 17.5 Å². The molecule has 0 saturated heterocycles. The van der Waals surface area contributed by atoms with Crippen LogP contribution < -0.4 is 21.5 Å². The van der Waals surface area contributed by atoms with E-state index in [0.29, 0.717) is 17.0 Å². The van der Waals surface area contributed by atoms with Crippen LogP contribution in [-0.4, -0.2) is 61.1 Å². The minimum Gasteiger partial charge on any atom is -0.481 e. The van der Waals surface area contributed by atoms with Crippen molar-refractivity contribution in [2.24, 2.45) is 0 Å². The Balaban J connectivity index is 1.63. The first-order valence-corrected chi connectivity index (χ1v) is 9.80. The summed E-state index contributed by atoms with van der Waals surface area (Å²) in [7, 11) is 1.62. The second-order valence-corrected chi connectivity index (χ2v) is 6.93. The number of carbonyl (C=O) groups excluding carboxylic acids is 1. The van der Waals surface area contributed by atoms with E-state index in [1.54, 1.807) is 19.2 Å². The molecule has 0 radical (unpaired) electrons. The molecule has 33 heavy (non-hydrogen) atoms. The molecule has 0 fully saturated rings. The Labute approximate surface area is 186 Å². The minimum absolute atomic E-state index is 0.108. The van der Waals surface area contributed by atoms with Crippen LogP contribution in [-0.2, 0) is 16.1 Å². The smallest absolute Gasteiger partial charge is 0.326 e. The number of aromatic amines is 1. The second kappa shape index (κ2) is 10.2. The predicted molar refractivity (Wildman–Crippen MR) is 117 cm³/mol. The summed E-state index contributed by atoms with van der Waals surface area (Å²) in [6.07, 6.45) is 0.906. The molecule has 0 bridgehead atoms. The van der Waals surface area contributed by atoms with Crippen LogP contribution in [0.25, 0.3) is 11.2 Å². The van der Waals surface area contributed by atoms with Crippen molar-refractivity contribution in [2.75, 3.05) is 17.7 Å². The van der Waals surface area contributed by atoms with Crippen LogP contribution in [0.5, 0.6) is 0 Å². The van der Waals surface area contributed by atoms with E-state index in [0.717, 1.165) is 0 Å². The second-order valence-electron chi connectivity index (χ2n) is 6.93. The highest BCUT2D eigenvalue weighted by molar-refractivity contribution is 5.96. The Kier molecular flexibility index (Phi) is 7.13. The number of carboxylic acids is 2. The van der Waals surface area contributed by atoms with Crippen molar-refractivity contribution in [1.82, 2.24) is 25.3 Å². The molecule has 0 saturated carbocycles. The molecule has 172 valence electrons. The molecule has 2 aromatic heterocycles. The molecule has 13 heteroatoms. The number of carbonyl (C=O) groups is 3. The number of nitrogens with one attached hydrogen (secondary N) is 4. The zero-order chi connectivity index (χ0) is 24.0. The lowest BCUT2D eigenvalue weighted by molar-refractivity contribution is -0.140. The van der Waals surface area contributed by atoms with E-state index in [-0.39, 0.29) is 36.4 Å². The van der Waals surface area contributed by atoms with E-state index in [9.17, 15) is 19.2 Å². The van der Waals surface area contributed by atoms with Crippen molar-refractivity contribution in [2.45, 2.75) is 25.4 Å². The van der Waals surface area contributed by atoms with Crippen LogP contribution in [0.1, 0.15) is 28.9 Å². The van der Waals surface area contributed by atoms with Gasteiger partial charge in [-0.3, -0.25) is 14.4 Å². The molecule has 0 unspecified atom stereocenters. The number of benzene rings is 1. The highest BCUT2D eigenvalue weighted by atomic mass is 16.4. The van der Waals surface area contributed by atoms with Gasteiger partial charge in [-0.1, -0.05) is 0 Å². The summed E-state index contributed by atoms with van der Waals surface area (Å²) in [5.41, 5.74) is 1.26. The summed E-state index contributed by atoms with van der Waals surface area (Å²) in [6, 6.07) is 4.91. The number of rotatable bonds is 10. The summed E-state index contributed by atoms with van der Waals surface area (Å²) in [5.74, 6) is -2.80. The average molecular weight is 455 g/mol. The fraction of sp³-hybridized carbons (Fsp3) is 0.250. The molecule has 3 rings (SSSR count). The van der Waals surface area contributed by atoms with Gasteiger partial charge in [0.1, 0.15) is 6.04 Å². The van der Waals surface area contributed by atoms with Crippen molar-refractivity contribution < 1.29 is 24.6 Å². The molecule has 1 aromatic carbocycles. The van der Waals surface area contributed by atoms with E-state index >= 15 is 0 Å². The number of hydrogen-bond acceptors (Lipinski definition) is 9. The Hall–Kier alpha value is -4.55. The maximum Gasteiger partial charge on any atom is 0.326 e. The van der Waals surface area contributed by atoms with Gasteiger partial charge in [0.25, 0.3) is 5.91 Å². The third kappa shape index (κ3) is 6.00. The van der Waals surface area contributed by atoms with Gasteiger partial charge in [-0.25, -0.2) is 14.8 Å². The molecule has 0 aliphatic heterocycles. The lowest BCUT2D eigenvalue weighted by Crippen LogP contribution is -2.41. The molecule has 0 aliphatic carbocycles. The monoisotopic (exact) mass is 455 g/mol. The molecule has 1 atom stereocenters. The van der Waals surface area contributed by atoms with E-state index in [1.165, 1.54) is 18.3 Å². The molecular weight excluding hydrogens is 434 g/mol. The van der Waals surface area contributed by atoms with Gasteiger partial charge in [-0.15, -0.1) is 0 Å². The molecule has 1 amide bonds. The average Bonchev–Trinajstić information content (AvgIpc) is 2.80. The number of aromatic nitrogens is 4. The third-order valence-electron chi connectivity index (χ3n) is 4.58. The van der Waals surface area contributed by atoms with E-state index in [1.807, 2.05) is 0 Å². The van der Waals surface area contributed by atoms with Crippen molar-refractivity contribution in [1.29, 1.82) is 0 Å². The lowest BCUT2D eigenvalue weighted by Gasteiger charge is -2.14. The Morgan fingerprint density at radius 3 is 2.48 bits per heavy atom. The first-order chi connectivity index (χ1) is 15.8. The van der Waals surface area contributed by atoms with Crippen LogP contribution in [0, 0.1) is 0 Å². The van der Waals surface area contributed by atoms with Gasteiger partial charge in [0.2, 0.25) is 5.95 Å². The predicted octanol–water partition coefficient (Wildman–Crippen LogP) is 0.415. The zero-order valence-corrected chi connectivity index (χ0v) is 17.5. The maximum absolute atomic E-state index is 12.3. The highest BCUT2D eigenvalue weighted by Crippen LogP contribution is 2.12. The van der Waals surface area contributed by atoms with Crippen LogP contribution in [0.3, 0.4) is 0 Å². The lowest BCUT2D eigenvalue weighted by atomic mass is 10.1. The number of aliphatic carboxylic acids is 2. The fourth-order valence-electron chi connectivity index (χ4n) is 2.86. The van der Waals surface area contributed by atoms with Crippen molar-refractivity contribution in [3.8, 4) is 0 Å². The number of H-pyrrole nitrogens is 1. The zero-order valence-electron chi connectivity index (χ0n) is 17.5. The highest BCUT2D eigenvalue weighted by Gasteiger charge is 2.21. The maximum atomic E-state index is 12.3. The van der Waals surface area contributed by atoms with E-state index in [4.69, 9.17) is 10.2 Å². The van der Waals surface area contributed by atoms with Crippen LogP contribution in [0.2, 0.25) is 0 Å². The summed E-state index contributed by atoms with van der Waals surface area (Å²) in [4.78, 5) is 61.4. The first-order valence-electron chi connectivity index (χ1n) is 9.80. The molecular formula is C20H21N7O6. The molecule has 2 heterocycles. The van der Waals surface area contributed by atoms with Crippen molar-refractivity contribution >= 4 is 40.6 Å². The Bertz CT molecular complexity index is 1240. The number of fused-ring (bicyclic) bond motifs is 1.